The molecule has 1 aromatic heterocycles. The molecule has 5 nitrogen and oxygen atoms in total. The van der Waals surface area contributed by atoms with Gasteiger partial charge in [0.25, 0.3) is 10.2 Å². The predicted octanol–water partition coefficient (Wildman–Crippen LogP) is 1.08. The standard InChI is InChI=1S/C13H21N3O2S2/c1-11(2)16(4)20(17,18)15(3)9-12-8-13(19-10-12)6-5-7-14/h8,10-11H,7,9,14H2,1-4H3. The number of rotatable bonds is 5. The summed E-state index contributed by atoms with van der Waals surface area (Å²) in [4.78, 5) is 0.897. The van der Waals surface area contributed by atoms with E-state index in [2.05, 4.69) is 11.8 Å². The van der Waals surface area contributed by atoms with Crippen LogP contribution in [0.4, 0.5) is 0 Å². The largest absolute Gasteiger partial charge is 0.320 e. The highest BCUT2D eigenvalue weighted by Crippen LogP contribution is 2.17. The Hall–Kier alpha value is -0.910. The lowest BCUT2D eigenvalue weighted by molar-refractivity contribution is 0.355. The highest BCUT2D eigenvalue weighted by molar-refractivity contribution is 7.86. The Morgan fingerprint density at radius 3 is 2.60 bits per heavy atom. The van der Waals surface area contributed by atoms with Crippen molar-refractivity contribution >= 4 is 21.5 Å². The minimum atomic E-state index is -3.43. The zero-order chi connectivity index (χ0) is 15.3. The number of hydrogen-bond donors (Lipinski definition) is 1. The number of nitrogens with zero attached hydrogens (tertiary/aromatic N) is 2. The normalized spacial score (nSPS) is 12.0. The zero-order valence-corrected chi connectivity index (χ0v) is 13.9. The summed E-state index contributed by atoms with van der Waals surface area (Å²) >= 11 is 1.49. The fourth-order valence-corrected chi connectivity index (χ4v) is 3.54. The van der Waals surface area contributed by atoms with Gasteiger partial charge in [0, 0.05) is 26.7 Å². The van der Waals surface area contributed by atoms with E-state index in [0.717, 1.165) is 10.4 Å². The van der Waals surface area contributed by atoms with Crippen molar-refractivity contribution in [1.29, 1.82) is 0 Å². The Labute approximate surface area is 125 Å². The summed E-state index contributed by atoms with van der Waals surface area (Å²) < 4.78 is 27.2. The maximum atomic E-state index is 12.3. The molecule has 7 heteroatoms. The summed E-state index contributed by atoms with van der Waals surface area (Å²) in [6.45, 7) is 4.34. The van der Waals surface area contributed by atoms with Crippen LogP contribution in [0, 0.1) is 11.8 Å². The average Bonchev–Trinajstić information content (AvgIpc) is 2.82. The van der Waals surface area contributed by atoms with E-state index in [1.54, 1.807) is 14.1 Å². The average molecular weight is 315 g/mol. The minimum Gasteiger partial charge on any atom is -0.320 e. The molecule has 2 N–H and O–H groups in total. The second-order valence-corrected chi connectivity index (χ2v) is 7.71. The van der Waals surface area contributed by atoms with Crippen LogP contribution in [-0.4, -0.2) is 43.7 Å². The number of hydrogen-bond acceptors (Lipinski definition) is 4. The van der Waals surface area contributed by atoms with E-state index in [9.17, 15) is 8.42 Å². The molecule has 0 fully saturated rings. The van der Waals surface area contributed by atoms with Crippen LogP contribution in [-0.2, 0) is 16.8 Å². The molecule has 20 heavy (non-hydrogen) atoms. The highest BCUT2D eigenvalue weighted by Gasteiger charge is 2.25. The molecule has 1 aromatic rings. The van der Waals surface area contributed by atoms with Crippen molar-refractivity contribution in [1.82, 2.24) is 8.61 Å². The molecule has 0 bridgehead atoms. The molecular formula is C13H21N3O2S2. The van der Waals surface area contributed by atoms with Crippen LogP contribution in [0.1, 0.15) is 24.3 Å². The van der Waals surface area contributed by atoms with Gasteiger partial charge in [-0.1, -0.05) is 11.8 Å². The van der Waals surface area contributed by atoms with Crippen LogP contribution in [0.25, 0.3) is 0 Å². The van der Waals surface area contributed by atoms with E-state index in [4.69, 9.17) is 5.73 Å². The van der Waals surface area contributed by atoms with E-state index in [0.29, 0.717) is 13.1 Å². The first kappa shape index (κ1) is 17.1. The SMILES string of the molecule is CC(C)N(C)S(=O)(=O)N(C)Cc1csc(C#CCN)c1. The van der Waals surface area contributed by atoms with Crippen LogP contribution in [0.2, 0.25) is 0 Å². The molecule has 0 spiro atoms. The van der Waals surface area contributed by atoms with Gasteiger partial charge in [0.2, 0.25) is 0 Å². The molecule has 0 saturated carbocycles. The van der Waals surface area contributed by atoms with Crippen LogP contribution in [0.15, 0.2) is 11.4 Å². The fourth-order valence-electron chi connectivity index (χ4n) is 1.49. The lowest BCUT2D eigenvalue weighted by Gasteiger charge is -2.26. The van der Waals surface area contributed by atoms with Crippen molar-refractivity contribution in [3.05, 3.63) is 21.9 Å². The highest BCUT2D eigenvalue weighted by atomic mass is 32.2. The van der Waals surface area contributed by atoms with Crippen molar-refractivity contribution in [2.24, 2.45) is 5.73 Å². The maximum Gasteiger partial charge on any atom is 0.282 e. The summed E-state index contributed by atoms with van der Waals surface area (Å²) in [6, 6.07) is 1.82. The predicted molar refractivity (Wildman–Crippen MR) is 83.5 cm³/mol. The zero-order valence-electron chi connectivity index (χ0n) is 12.3. The summed E-state index contributed by atoms with van der Waals surface area (Å²) in [5, 5.41) is 1.92. The van der Waals surface area contributed by atoms with Gasteiger partial charge in [-0.15, -0.1) is 11.3 Å². The lowest BCUT2D eigenvalue weighted by atomic mass is 10.3. The Morgan fingerprint density at radius 1 is 1.40 bits per heavy atom. The van der Waals surface area contributed by atoms with Crippen molar-refractivity contribution in [2.45, 2.75) is 26.4 Å². The van der Waals surface area contributed by atoms with Gasteiger partial charge < -0.3 is 5.73 Å². The first-order chi connectivity index (χ1) is 9.28. The van der Waals surface area contributed by atoms with Gasteiger partial charge in [0.05, 0.1) is 11.4 Å². The first-order valence-corrected chi connectivity index (χ1v) is 8.52. The summed E-state index contributed by atoms with van der Waals surface area (Å²) in [7, 11) is -0.263. The van der Waals surface area contributed by atoms with Gasteiger partial charge in [0.1, 0.15) is 0 Å². The molecule has 0 aliphatic heterocycles. The molecule has 0 unspecified atom stereocenters. The van der Waals surface area contributed by atoms with E-state index in [-0.39, 0.29) is 6.04 Å². The Balaban J connectivity index is 2.80. The third kappa shape index (κ3) is 4.30. The third-order valence-electron chi connectivity index (χ3n) is 2.86. The minimum absolute atomic E-state index is 0.0732. The molecule has 1 rings (SSSR count). The van der Waals surface area contributed by atoms with Crippen LogP contribution in [0.3, 0.4) is 0 Å². The molecule has 0 aromatic carbocycles. The van der Waals surface area contributed by atoms with Gasteiger partial charge in [-0.2, -0.15) is 17.0 Å². The van der Waals surface area contributed by atoms with E-state index in [1.165, 1.54) is 19.9 Å². The fraction of sp³-hybridized carbons (Fsp3) is 0.538. The van der Waals surface area contributed by atoms with Gasteiger partial charge >= 0.3 is 0 Å². The van der Waals surface area contributed by atoms with E-state index < -0.39 is 10.2 Å². The van der Waals surface area contributed by atoms with Crippen molar-refractivity contribution < 1.29 is 8.42 Å². The lowest BCUT2D eigenvalue weighted by Crippen LogP contribution is -2.42. The maximum absolute atomic E-state index is 12.3. The number of thiophene rings is 1. The molecule has 1 heterocycles. The molecule has 0 aliphatic carbocycles. The van der Waals surface area contributed by atoms with Gasteiger partial charge in [0.15, 0.2) is 0 Å². The topological polar surface area (TPSA) is 66.6 Å². The van der Waals surface area contributed by atoms with Crippen LogP contribution >= 0.6 is 11.3 Å². The Bertz CT molecular complexity index is 597. The Kier molecular flexibility index (Phi) is 6.17. The first-order valence-electron chi connectivity index (χ1n) is 6.24. The molecule has 0 saturated heterocycles. The smallest absolute Gasteiger partial charge is 0.282 e. The van der Waals surface area contributed by atoms with E-state index in [1.807, 2.05) is 25.3 Å². The summed E-state index contributed by atoms with van der Waals surface area (Å²) in [5.74, 6) is 5.73. The van der Waals surface area contributed by atoms with Gasteiger partial charge in [-0.05, 0) is 30.9 Å². The third-order valence-corrected chi connectivity index (χ3v) is 5.82. The van der Waals surface area contributed by atoms with Crippen LogP contribution < -0.4 is 5.73 Å². The molecule has 0 radical (unpaired) electrons. The molecular weight excluding hydrogens is 294 g/mol. The monoisotopic (exact) mass is 315 g/mol. The van der Waals surface area contributed by atoms with E-state index >= 15 is 0 Å². The van der Waals surface area contributed by atoms with Gasteiger partial charge in [-0.25, -0.2) is 0 Å². The second-order valence-electron chi connectivity index (χ2n) is 4.70. The molecule has 0 amide bonds. The van der Waals surface area contributed by atoms with Crippen molar-refractivity contribution in [3.63, 3.8) is 0 Å². The van der Waals surface area contributed by atoms with Crippen LogP contribution in [0.5, 0.6) is 0 Å². The molecule has 0 atom stereocenters. The summed E-state index contributed by atoms with van der Waals surface area (Å²) in [6.07, 6.45) is 0. The molecule has 0 aliphatic rings. The quantitative estimate of drug-likeness (QED) is 0.827. The number of nitrogens with two attached hydrogens (primary N) is 1. The van der Waals surface area contributed by atoms with Gasteiger partial charge in [-0.3, -0.25) is 0 Å². The van der Waals surface area contributed by atoms with Crippen molar-refractivity contribution in [3.8, 4) is 11.8 Å². The molecule has 112 valence electrons. The second kappa shape index (κ2) is 7.20. The summed E-state index contributed by atoms with van der Waals surface area (Å²) in [5.41, 5.74) is 6.25. The Morgan fingerprint density at radius 2 is 2.05 bits per heavy atom. The van der Waals surface area contributed by atoms with Crippen molar-refractivity contribution in [2.75, 3.05) is 20.6 Å².